The first-order valence-electron chi connectivity index (χ1n) is 3.46. The number of rotatable bonds is 4. The van der Waals surface area contributed by atoms with E-state index < -0.39 is 30.6 Å². The Balaban J connectivity index is 4.46. The summed E-state index contributed by atoms with van der Waals surface area (Å²) in [6.07, 6.45) is -14.7. The lowest BCUT2D eigenvalue weighted by Crippen LogP contribution is -2.50. The van der Waals surface area contributed by atoms with Crippen LogP contribution in [0.2, 0.25) is 0 Å². The fraction of sp³-hybridized carbons (Fsp3) is 0.833. The zero-order valence-electron chi connectivity index (χ0n) is 6.72. The van der Waals surface area contributed by atoms with Gasteiger partial charge < -0.3 is 20.4 Å². The van der Waals surface area contributed by atoms with Gasteiger partial charge in [0.25, 0.3) is 0 Å². The molecule has 8 heteroatoms. The van der Waals surface area contributed by atoms with Crippen molar-refractivity contribution in [1.29, 1.82) is 0 Å². The van der Waals surface area contributed by atoms with Gasteiger partial charge in [-0.2, -0.15) is 13.2 Å². The van der Waals surface area contributed by atoms with Crippen LogP contribution in [0.4, 0.5) is 13.2 Å². The van der Waals surface area contributed by atoms with Crippen molar-refractivity contribution >= 4 is 17.6 Å². The molecule has 0 fully saturated rings. The topological polar surface area (TPSA) is 80.9 Å². The fourth-order valence-corrected chi connectivity index (χ4v) is 0.824. The quantitative estimate of drug-likeness (QED) is 0.469. The highest BCUT2D eigenvalue weighted by Crippen LogP contribution is 2.24. The van der Waals surface area contributed by atoms with Crippen LogP contribution in [0.1, 0.15) is 0 Å². The number of hydrogen-bond donors (Lipinski definition) is 4. The third-order valence-corrected chi connectivity index (χ3v) is 1.78. The van der Waals surface area contributed by atoms with Gasteiger partial charge in [0.2, 0.25) is 0 Å². The van der Waals surface area contributed by atoms with Crippen molar-refractivity contribution in [2.45, 2.75) is 30.6 Å². The van der Waals surface area contributed by atoms with Crippen molar-refractivity contribution in [3.05, 3.63) is 0 Å². The van der Waals surface area contributed by atoms with Crippen LogP contribution >= 0.6 is 12.2 Å². The molecule has 0 spiro atoms. The van der Waals surface area contributed by atoms with Crippen LogP contribution in [0.15, 0.2) is 0 Å². The molecule has 0 saturated heterocycles. The van der Waals surface area contributed by atoms with Crippen molar-refractivity contribution < 1.29 is 33.6 Å². The third kappa shape index (κ3) is 3.46. The number of alkyl halides is 3. The first kappa shape index (κ1) is 13.7. The highest BCUT2D eigenvalue weighted by molar-refractivity contribution is 7.79. The van der Waals surface area contributed by atoms with E-state index >= 15 is 0 Å². The molecule has 0 aliphatic carbocycles. The maximum Gasteiger partial charge on any atom is 0.417 e. The van der Waals surface area contributed by atoms with Crippen LogP contribution in [-0.4, -0.2) is 56.4 Å². The monoisotopic (exact) mass is 234 g/mol. The fourth-order valence-electron chi connectivity index (χ4n) is 0.663. The Morgan fingerprint density at radius 2 is 1.43 bits per heavy atom. The van der Waals surface area contributed by atoms with Crippen LogP contribution in [-0.2, 0) is 0 Å². The van der Waals surface area contributed by atoms with E-state index in [1.165, 1.54) is 0 Å². The Morgan fingerprint density at radius 1 is 1.00 bits per heavy atom. The number of thiocarbonyl (C=S) groups is 1. The summed E-state index contributed by atoms with van der Waals surface area (Å²) in [5, 5.41) is 35.5. The Hall–Kier alpha value is -0.280. The molecule has 0 saturated carbocycles. The summed E-state index contributed by atoms with van der Waals surface area (Å²) in [5.74, 6) is 0. The van der Waals surface area contributed by atoms with E-state index in [-0.39, 0.29) is 0 Å². The lowest BCUT2D eigenvalue weighted by Gasteiger charge is -2.25. The van der Waals surface area contributed by atoms with E-state index in [1.807, 2.05) is 0 Å². The molecule has 0 heterocycles. The second kappa shape index (κ2) is 4.99. The van der Waals surface area contributed by atoms with Crippen LogP contribution in [0.5, 0.6) is 0 Å². The Bertz CT molecular complexity index is 198. The van der Waals surface area contributed by atoms with E-state index in [2.05, 4.69) is 12.2 Å². The van der Waals surface area contributed by atoms with E-state index in [1.54, 1.807) is 0 Å². The highest BCUT2D eigenvalue weighted by atomic mass is 32.1. The van der Waals surface area contributed by atoms with Gasteiger partial charge in [0.15, 0.2) is 6.10 Å². The largest absolute Gasteiger partial charge is 0.417 e. The molecule has 0 rings (SSSR count). The normalized spacial score (nSPS) is 21.1. The van der Waals surface area contributed by atoms with Crippen molar-refractivity contribution in [2.75, 3.05) is 0 Å². The molecule has 0 aliphatic heterocycles. The summed E-state index contributed by atoms with van der Waals surface area (Å²) in [6.45, 7) is 0. The van der Waals surface area contributed by atoms with Gasteiger partial charge in [0.1, 0.15) is 18.3 Å². The SMILES string of the molecule is OC(C=S)C(O)C(O)C(O)C(F)(F)F. The number of halogens is 3. The molecule has 0 aromatic heterocycles. The first-order chi connectivity index (χ1) is 6.21. The molecule has 84 valence electrons. The van der Waals surface area contributed by atoms with Crippen molar-refractivity contribution in [2.24, 2.45) is 0 Å². The molecule has 0 aromatic rings. The smallest absolute Gasteiger partial charge is 0.387 e. The third-order valence-electron chi connectivity index (χ3n) is 1.50. The Labute approximate surface area is 82.6 Å². The maximum atomic E-state index is 11.8. The van der Waals surface area contributed by atoms with Crippen molar-refractivity contribution in [3.8, 4) is 0 Å². The second-order valence-corrected chi connectivity index (χ2v) is 2.87. The highest BCUT2D eigenvalue weighted by Gasteiger charge is 2.46. The zero-order chi connectivity index (χ0) is 11.5. The van der Waals surface area contributed by atoms with Crippen LogP contribution in [0.3, 0.4) is 0 Å². The molecule has 4 N–H and O–H groups in total. The average molecular weight is 234 g/mol. The standard InChI is InChI=1S/C6H9F3O4S/c7-6(8,9)5(13)4(12)3(11)2(10)1-14/h1-5,10-13H. The van der Waals surface area contributed by atoms with Crippen molar-refractivity contribution in [1.82, 2.24) is 0 Å². The molecular weight excluding hydrogens is 225 g/mol. The lowest BCUT2D eigenvalue weighted by atomic mass is 10.0. The van der Waals surface area contributed by atoms with Gasteiger partial charge >= 0.3 is 6.18 Å². The molecular formula is C6H9F3O4S. The summed E-state index contributed by atoms with van der Waals surface area (Å²) >= 11 is 4.14. The summed E-state index contributed by atoms with van der Waals surface area (Å²) in [7, 11) is 0. The first-order valence-corrected chi connectivity index (χ1v) is 3.93. The zero-order valence-corrected chi connectivity index (χ0v) is 7.53. The minimum absolute atomic E-state index is 0.580. The summed E-state index contributed by atoms with van der Waals surface area (Å²) in [4.78, 5) is 0. The van der Waals surface area contributed by atoms with E-state index in [9.17, 15) is 13.2 Å². The summed E-state index contributed by atoms with van der Waals surface area (Å²) in [5.41, 5.74) is 0. The number of aliphatic hydroxyl groups is 4. The minimum Gasteiger partial charge on any atom is -0.387 e. The van der Waals surface area contributed by atoms with Crippen molar-refractivity contribution in [3.63, 3.8) is 0 Å². The maximum absolute atomic E-state index is 11.8. The molecule has 14 heavy (non-hydrogen) atoms. The molecule has 0 aromatic carbocycles. The molecule has 4 atom stereocenters. The second-order valence-electron chi connectivity index (χ2n) is 2.59. The van der Waals surface area contributed by atoms with E-state index in [0.717, 1.165) is 0 Å². The van der Waals surface area contributed by atoms with Gasteiger partial charge in [-0.05, 0) is 0 Å². The van der Waals surface area contributed by atoms with Crippen LogP contribution in [0, 0.1) is 0 Å². The summed E-state index contributed by atoms with van der Waals surface area (Å²) in [6, 6.07) is 0. The van der Waals surface area contributed by atoms with E-state index in [4.69, 9.17) is 20.4 Å². The molecule has 4 unspecified atom stereocenters. The Morgan fingerprint density at radius 3 is 1.71 bits per heavy atom. The lowest BCUT2D eigenvalue weighted by molar-refractivity contribution is -0.244. The van der Waals surface area contributed by atoms with Gasteiger partial charge in [-0.15, -0.1) is 0 Å². The van der Waals surface area contributed by atoms with Crippen LogP contribution in [0.25, 0.3) is 0 Å². The van der Waals surface area contributed by atoms with E-state index in [0.29, 0.717) is 5.37 Å². The molecule has 0 amide bonds. The van der Waals surface area contributed by atoms with Gasteiger partial charge in [-0.1, -0.05) is 12.2 Å². The predicted octanol–water partition coefficient (Wildman–Crippen LogP) is -1.01. The minimum atomic E-state index is -5.07. The predicted molar refractivity (Wildman–Crippen MR) is 43.7 cm³/mol. The van der Waals surface area contributed by atoms with Gasteiger partial charge in [0.05, 0.1) is 0 Å². The molecule has 0 bridgehead atoms. The van der Waals surface area contributed by atoms with Gasteiger partial charge in [-0.25, -0.2) is 0 Å². The van der Waals surface area contributed by atoms with Gasteiger partial charge in [0, 0.05) is 5.37 Å². The average Bonchev–Trinajstić information content (AvgIpc) is 2.11. The number of hydrogen-bond acceptors (Lipinski definition) is 5. The molecule has 0 aliphatic rings. The Kier molecular flexibility index (Phi) is 4.89. The number of aliphatic hydroxyl groups excluding tert-OH is 4. The summed E-state index contributed by atoms with van der Waals surface area (Å²) < 4.78 is 35.4. The van der Waals surface area contributed by atoms with Gasteiger partial charge in [-0.3, -0.25) is 0 Å². The molecule has 4 nitrogen and oxygen atoms in total. The molecule has 0 radical (unpaired) electrons. The van der Waals surface area contributed by atoms with Crippen LogP contribution < -0.4 is 0 Å².